The smallest absolute Gasteiger partial charge is 0.0194 e. The van der Waals surface area contributed by atoms with Gasteiger partial charge in [0.2, 0.25) is 0 Å². The highest BCUT2D eigenvalue weighted by Crippen LogP contribution is 2.66. The van der Waals surface area contributed by atoms with Gasteiger partial charge in [0.25, 0.3) is 0 Å². The normalized spacial score (nSPS) is 66.4. The van der Waals surface area contributed by atoms with Crippen molar-refractivity contribution in [2.24, 2.45) is 41.4 Å². The fraction of sp³-hybridized carbons (Fsp3) is 0.846. The van der Waals surface area contributed by atoms with Crippen molar-refractivity contribution >= 4 is 0 Å². The van der Waals surface area contributed by atoms with Gasteiger partial charge in [-0.3, -0.25) is 0 Å². The zero-order valence-electron chi connectivity index (χ0n) is 8.32. The summed E-state index contributed by atoms with van der Waals surface area (Å²) in [6, 6.07) is 0. The molecule has 3 fully saturated rings. The van der Waals surface area contributed by atoms with E-state index >= 15 is 0 Å². The SMILES string of the molecule is C[C@H]1C[C@@H]2C[C@H]1C1C2[C@@H]2C=C[C@H]1C2. The maximum atomic E-state index is 2.54. The van der Waals surface area contributed by atoms with Crippen LogP contribution in [-0.2, 0) is 0 Å². The van der Waals surface area contributed by atoms with Crippen LogP contribution in [0, 0.1) is 41.4 Å². The van der Waals surface area contributed by atoms with Crippen LogP contribution in [0.25, 0.3) is 0 Å². The molecule has 0 heteroatoms. The summed E-state index contributed by atoms with van der Waals surface area (Å²) in [6.07, 6.45) is 9.75. The standard InChI is InChI=1S/C13H18/c1-7-4-10-6-11(7)13-9-3-2-8(5-9)12(10)13/h2-3,7-13H,4-6H2,1H3/t7-,8+,9-,10+,11+,12?,13?/m0/s1. The molecule has 0 aromatic heterocycles. The third-order valence-electron chi connectivity index (χ3n) is 5.60. The first-order valence-corrected chi connectivity index (χ1v) is 6.03. The minimum atomic E-state index is 1.01. The molecular weight excluding hydrogens is 156 g/mol. The Morgan fingerprint density at radius 3 is 2.54 bits per heavy atom. The molecule has 0 nitrogen and oxygen atoms in total. The largest absolute Gasteiger partial charge is 0.0848 e. The van der Waals surface area contributed by atoms with Crippen LogP contribution in [0.2, 0.25) is 0 Å². The van der Waals surface area contributed by atoms with Crippen LogP contribution in [0.15, 0.2) is 12.2 Å². The van der Waals surface area contributed by atoms with E-state index in [1.165, 1.54) is 6.42 Å². The fourth-order valence-corrected chi connectivity index (χ4v) is 5.35. The predicted molar refractivity (Wildman–Crippen MR) is 53.1 cm³/mol. The molecule has 7 atom stereocenters. The fourth-order valence-electron chi connectivity index (χ4n) is 5.35. The number of fused-ring (bicyclic) bond motifs is 9. The molecule has 3 saturated carbocycles. The van der Waals surface area contributed by atoms with Gasteiger partial charge in [-0.2, -0.15) is 0 Å². The number of hydrogen-bond acceptors (Lipinski definition) is 0. The topological polar surface area (TPSA) is 0 Å². The van der Waals surface area contributed by atoms with E-state index in [-0.39, 0.29) is 0 Å². The second kappa shape index (κ2) is 2.04. The minimum Gasteiger partial charge on any atom is -0.0848 e. The summed E-state index contributed by atoms with van der Waals surface area (Å²) < 4.78 is 0. The van der Waals surface area contributed by atoms with Gasteiger partial charge in [-0.1, -0.05) is 19.1 Å². The van der Waals surface area contributed by atoms with Gasteiger partial charge < -0.3 is 0 Å². The molecule has 4 aliphatic rings. The average molecular weight is 174 g/mol. The lowest BCUT2D eigenvalue weighted by Gasteiger charge is -2.35. The van der Waals surface area contributed by atoms with Crippen LogP contribution in [0.3, 0.4) is 0 Å². The van der Waals surface area contributed by atoms with Gasteiger partial charge in [0.15, 0.2) is 0 Å². The van der Waals surface area contributed by atoms with Crippen molar-refractivity contribution in [1.29, 1.82) is 0 Å². The Morgan fingerprint density at radius 2 is 1.69 bits per heavy atom. The maximum absolute atomic E-state index is 2.54. The van der Waals surface area contributed by atoms with E-state index < -0.39 is 0 Å². The summed E-state index contributed by atoms with van der Waals surface area (Å²) in [6.45, 7) is 2.50. The molecule has 4 bridgehead atoms. The van der Waals surface area contributed by atoms with Crippen molar-refractivity contribution in [1.82, 2.24) is 0 Å². The summed E-state index contributed by atoms with van der Waals surface area (Å²) in [4.78, 5) is 0. The van der Waals surface area contributed by atoms with E-state index in [4.69, 9.17) is 0 Å². The van der Waals surface area contributed by atoms with E-state index in [0.717, 1.165) is 41.4 Å². The van der Waals surface area contributed by atoms with Crippen molar-refractivity contribution in [3.05, 3.63) is 12.2 Å². The lowest BCUT2D eigenvalue weighted by Crippen LogP contribution is -2.29. The Morgan fingerprint density at radius 1 is 0.923 bits per heavy atom. The van der Waals surface area contributed by atoms with Gasteiger partial charge in [-0.05, 0) is 60.7 Å². The zero-order chi connectivity index (χ0) is 8.58. The number of hydrogen-bond donors (Lipinski definition) is 0. The molecule has 0 radical (unpaired) electrons. The van der Waals surface area contributed by atoms with Crippen LogP contribution in [0.4, 0.5) is 0 Å². The Labute approximate surface area is 80.4 Å². The summed E-state index contributed by atoms with van der Waals surface area (Å²) in [5, 5.41) is 0. The molecule has 0 N–H and O–H groups in total. The van der Waals surface area contributed by atoms with Gasteiger partial charge in [-0.25, -0.2) is 0 Å². The van der Waals surface area contributed by atoms with Crippen molar-refractivity contribution in [3.8, 4) is 0 Å². The van der Waals surface area contributed by atoms with Crippen molar-refractivity contribution in [3.63, 3.8) is 0 Å². The van der Waals surface area contributed by atoms with Gasteiger partial charge in [0, 0.05) is 0 Å². The number of rotatable bonds is 0. The molecule has 2 unspecified atom stereocenters. The Balaban J connectivity index is 1.79. The van der Waals surface area contributed by atoms with E-state index in [1.807, 2.05) is 0 Å². The molecule has 0 amide bonds. The summed E-state index contributed by atoms with van der Waals surface area (Å²) >= 11 is 0. The first-order valence-electron chi connectivity index (χ1n) is 6.03. The lowest BCUT2D eigenvalue weighted by atomic mass is 9.70. The van der Waals surface area contributed by atoms with Crippen molar-refractivity contribution in [2.75, 3.05) is 0 Å². The highest BCUT2D eigenvalue weighted by Gasteiger charge is 2.59. The van der Waals surface area contributed by atoms with Gasteiger partial charge in [0.05, 0.1) is 0 Å². The Kier molecular flexibility index (Phi) is 1.11. The molecule has 13 heavy (non-hydrogen) atoms. The monoisotopic (exact) mass is 174 g/mol. The van der Waals surface area contributed by atoms with Crippen molar-refractivity contribution < 1.29 is 0 Å². The van der Waals surface area contributed by atoms with E-state index in [0.29, 0.717) is 0 Å². The van der Waals surface area contributed by atoms with E-state index in [9.17, 15) is 0 Å². The third-order valence-corrected chi connectivity index (χ3v) is 5.60. The van der Waals surface area contributed by atoms with Gasteiger partial charge >= 0.3 is 0 Å². The molecule has 0 aromatic carbocycles. The van der Waals surface area contributed by atoms with Gasteiger partial charge in [0.1, 0.15) is 0 Å². The van der Waals surface area contributed by atoms with E-state index in [2.05, 4.69) is 19.1 Å². The summed E-state index contributed by atoms with van der Waals surface area (Å²) in [7, 11) is 0. The summed E-state index contributed by atoms with van der Waals surface area (Å²) in [5.41, 5.74) is 0. The van der Waals surface area contributed by atoms with Crippen LogP contribution >= 0.6 is 0 Å². The molecule has 0 saturated heterocycles. The predicted octanol–water partition coefficient (Wildman–Crippen LogP) is 3.10. The first kappa shape index (κ1) is 7.09. The molecule has 0 spiro atoms. The second-order valence-electron chi connectivity index (χ2n) is 5.98. The molecule has 0 aliphatic heterocycles. The molecule has 70 valence electrons. The van der Waals surface area contributed by atoms with Crippen LogP contribution in [-0.4, -0.2) is 0 Å². The molecule has 0 aromatic rings. The van der Waals surface area contributed by atoms with Gasteiger partial charge in [-0.15, -0.1) is 0 Å². The molecule has 4 aliphatic carbocycles. The Hall–Kier alpha value is -0.260. The maximum Gasteiger partial charge on any atom is -0.0194 e. The quantitative estimate of drug-likeness (QED) is 0.391. The second-order valence-corrected chi connectivity index (χ2v) is 5.98. The summed E-state index contributed by atoms with van der Waals surface area (Å²) in [5.74, 6) is 7.59. The molecular formula is C13H18. The van der Waals surface area contributed by atoms with E-state index in [1.54, 1.807) is 12.8 Å². The average Bonchev–Trinajstić information content (AvgIpc) is 2.78. The van der Waals surface area contributed by atoms with Crippen LogP contribution < -0.4 is 0 Å². The van der Waals surface area contributed by atoms with Crippen LogP contribution in [0.1, 0.15) is 26.2 Å². The minimum absolute atomic E-state index is 1.01. The zero-order valence-corrected chi connectivity index (χ0v) is 8.32. The first-order chi connectivity index (χ1) is 6.34. The highest BCUT2D eigenvalue weighted by molar-refractivity contribution is 5.20. The lowest BCUT2D eigenvalue weighted by molar-refractivity contribution is 0.160. The Bertz CT molecular complexity index is 278. The number of allylic oxidation sites excluding steroid dienone is 2. The van der Waals surface area contributed by atoms with Crippen molar-refractivity contribution in [2.45, 2.75) is 26.2 Å². The highest BCUT2D eigenvalue weighted by atomic mass is 14.6. The third kappa shape index (κ3) is 0.671. The molecule has 4 rings (SSSR count). The molecule has 0 heterocycles. The van der Waals surface area contributed by atoms with Crippen LogP contribution in [0.5, 0.6) is 0 Å².